The second-order valence-electron chi connectivity index (χ2n) is 8.72. The van der Waals surface area contributed by atoms with Crippen molar-refractivity contribution in [3.05, 3.63) is 87.4 Å². The number of amides is 1. The lowest BCUT2D eigenvalue weighted by Crippen LogP contribution is -2.27. The maximum absolute atomic E-state index is 12.8. The third-order valence-electron chi connectivity index (χ3n) is 6.43. The van der Waals surface area contributed by atoms with Gasteiger partial charge in [-0.2, -0.15) is 0 Å². The number of rotatable bonds is 8. The Balaban J connectivity index is 1.44. The molecule has 0 N–H and O–H groups in total. The van der Waals surface area contributed by atoms with Gasteiger partial charge < -0.3 is 18.9 Å². The van der Waals surface area contributed by atoms with E-state index in [0.717, 1.165) is 27.6 Å². The Kier molecular flexibility index (Phi) is 6.87. The van der Waals surface area contributed by atoms with E-state index in [1.165, 1.54) is 5.56 Å². The van der Waals surface area contributed by atoms with Crippen LogP contribution in [0.4, 0.5) is 4.79 Å². The molecule has 1 amide bonds. The highest BCUT2D eigenvalue weighted by Gasteiger charge is 2.47. The Morgan fingerprint density at radius 1 is 1.08 bits per heavy atom. The topological polar surface area (TPSA) is 74.3 Å². The summed E-state index contributed by atoms with van der Waals surface area (Å²) < 4.78 is 23.5. The lowest BCUT2D eigenvalue weighted by molar-refractivity contribution is -0.142. The summed E-state index contributed by atoms with van der Waals surface area (Å²) in [7, 11) is 1.56. The van der Waals surface area contributed by atoms with E-state index in [1.807, 2.05) is 36.4 Å². The summed E-state index contributed by atoms with van der Waals surface area (Å²) in [5.41, 5.74) is 3.89. The minimum atomic E-state index is -0.334. The molecule has 3 aromatic carbocycles. The smallest absolute Gasteiger partial charge is 0.411 e. The molecule has 0 aromatic heterocycles. The summed E-state index contributed by atoms with van der Waals surface area (Å²) in [5, 5.41) is 0. The summed E-state index contributed by atoms with van der Waals surface area (Å²) in [5.74, 6) is 1.27. The van der Waals surface area contributed by atoms with Crippen molar-refractivity contribution in [1.82, 2.24) is 4.90 Å². The molecule has 186 valence electrons. The largest absolute Gasteiger partial charge is 0.493 e. The minimum absolute atomic E-state index is 0.128. The van der Waals surface area contributed by atoms with Gasteiger partial charge in [-0.1, -0.05) is 46.3 Å². The number of carbonyl (C=O) groups excluding carboxylic acids is 2. The van der Waals surface area contributed by atoms with Gasteiger partial charge in [0, 0.05) is 16.5 Å². The molecule has 2 atom stereocenters. The Morgan fingerprint density at radius 3 is 2.69 bits per heavy atom. The third-order valence-corrected chi connectivity index (χ3v) is 6.93. The van der Waals surface area contributed by atoms with Crippen molar-refractivity contribution in [3.63, 3.8) is 0 Å². The molecule has 0 spiro atoms. The van der Waals surface area contributed by atoms with Gasteiger partial charge in [-0.25, -0.2) is 4.79 Å². The standard InChI is InChI=1S/C28H26BrNO6/c1-3-34-26(31)13-17-8-10-23(33-2)24(12-17)35-22-11-9-20(29)14-19(22)16-30-27-21-7-5-4-6-18(21)15-25(27)36-28(30)32/h4-12,14,25,27H,3,13,15-16H2,1-2H3/t25-,27+/m1/s1. The average molecular weight is 552 g/mol. The number of ether oxygens (including phenoxy) is 4. The predicted molar refractivity (Wildman–Crippen MR) is 136 cm³/mol. The van der Waals surface area contributed by atoms with Crippen LogP contribution in [0.3, 0.4) is 0 Å². The summed E-state index contributed by atoms with van der Waals surface area (Å²) in [6, 6.07) is 19.0. The molecule has 1 fully saturated rings. The summed E-state index contributed by atoms with van der Waals surface area (Å²) >= 11 is 3.54. The highest BCUT2D eigenvalue weighted by molar-refractivity contribution is 9.10. The van der Waals surface area contributed by atoms with Crippen LogP contribution in [-0.2, 0) is 33.7 Å². The molecule has 1 aliphatic carbocycles. The third kappa shape index (κ3) is 4.78. The molecule has 7 nitrogen and oxygen atoms in total. The number of halogens is 1. The molecule has 0 radical (unpaired) electrons. The zero-order valence-corrected chi connectivity index (χ0v) is 21.6. The van der Waals surface area contributed by atoms with Crippen molar-refractivity contribution in [2.45, 2.75) is 38.5 Å². The van der Waals surface area contributed by atoms with Crippen molar-refractivity contribution < 1.29 is 28.5 Å². The van der Waals surface area contributed by atoms with Gasteiger partial charge in [0.25, 0.3) is 0 Å². The fourth-order valence-electron chi connectivity index (χ4n) is 4.85. The Morgan fingerprint density at radius 2 is 1.89 bits per heavy atom. The lowest BCUT2D eigenvalue weighted by atomic mass is 10.1. The maximum Gasteiger partial charge on any atom is 0.411 e. The van der Waals surface area contributed by atoms with Crippen LogP contribution in [-0.4, -0.2) is 36.8 Å². The van der Waals surface area contributed by atoms with Crippen LogP contribution < -0.4 is 9.47 Å². The Hall–Kier alpha value is -3.52. The van der Waals surface area contributed by atoms with Crippen LogP contribution in [0.25, 0.3) is 0 Å². The molecule has 5 rings (SSSR count). The van der Waals surface area contributed by atoms with Gasteiger partial charge in [-0.15, -0.1) is 0 Å². The minimum Gasteiger partial charge on any atom is -0.493 e. The predicted octanol–water partition coefficient (Wildman–Crippen LogP) is 5.97. The number of fused-ring (bicyclic) bond motifs is 3. The normalized spacial score (nSPS) is 17.9. The van der Waals surface area contributed by atoms with E-state index >= 15 is 0 Å². The molecule has 1 saturated heterocycles. The molecule has 1 aliphatic heterocycles. The highest BCUT2D eigenvalue weighted by atomic mass is 79.9. The lowest BCUT2D eigenvalue weighted by Gasteiger charge is -2.23. The maximum atomic E-state index is 12.8. The van der Waals surface area contributed by atoms with Gasteiger partial charge in [0.15, 0.2) is 11.5 Å². The van der Waals surface area contributed by atoms with Crippen molar-refractivity contribution in [3.8, 4) is 17.2 Å². The highest BCUT2D eigenvalue weighted by Crippen LogP contribution is 2.44. The van der Waals surface area contributed by atoms with E-state index in [0.29, 0.717) is 30.4 Å². The molecule has 36 heavy (non-hydrogen) atoms. The molecular weight excluding hydrogens is 526 g/mol. The van der Waals surface area contributed by atoms with E-state index in [9.17, 15) is 9.59 Å². The molecule has 0 unspecified atom stereocenters. The number of nitrogens with zero attached hydrogens (tertiary/aromatic N) is 1. The van der Waals surface area contributed by atoms with E-state index in [2.05, 4.69) is 28.1 Å². The van der Waals surface area contributed by atoms with Crippen LogP contribution in [0.2, 0.25) is 0 Å². The zero-order valence-electron chi connectivity index (χ0n) is 20.0. The molecule has 1 heterocycles. The number of hydrogen-bond acceptors (Lipinski definition) is 6. The van der Waals surface area contributed by atoms with Crippen molar-refractivity contribution in [1.29, 1.82) is 0 Å². The number of hydrogen-bond donors (Lipinski definition) is 0. The molecule has 2 aliphatic rings. The summed E-state index contributed by atoms with van der Waals surface area (Å²) in [4.78, 5) is 26.6. The molecule has 3 aromatic rings. The van der Waals surface area contributed by atoms with Crippen LogP contribution >= 0.6 is 15.9 Å². The number of esters is 1. The van der Waals surface area contributed by atoms with Gasteiger partial charge in [-0.05, 0) is 53.9 Å². The van der Waals surface area contributed by atoms with Crippen LogP contribution in [0.15, 0.2) is 65.1 Å². The second-order valence-corrected chi connectivity index (χ2v) is 9.63. The van der Waals surface area contributed by atoms with Crippen LogP contribution in [0.5, 0.6) is 17.2 Å². The SMILES string of the molecule is CCOC(=O)Cc1ccc(OC)c(Oc2ccc(Br)cc2CN2C(=O)O[C@@H]3Cc4ccccc4[C@@H]32)c1. The molecular formula is C28H26BrNO6. The molecule has 0 bridgehead atoms. The average Bonchev–Trinajstić information content (AvgIpc) is 3.36. The van der Waals surface area contributed by atoms with Crippen molar-refractivity contribution >= 4 is 28.0 Å². The van der Waals surface area contributed by atoms with Gasteiger partial charge >= 0.3 is 12.1 Å². The Bertz CT molecular complexity index is 1310. The van der Waals surface area contributed by atoms with E-state index < -0.39 is 0 Å². The quantitative estimate of drug-likeness (QED) is 0.321. The van der Waals surface area contributed by atoms with Gasteiger partial charge in [0.2, 0.25) is 0 Å². The monoisotopic (exact) mass is 551 g/mol. The fraction of sp³-hybridized carbons (Fsp3) is 0.286. The first kappa shape index (κ1) is 24.2. The van der Waals surface area contributed by atoms with Gasteiger partial charge in [0.1, 0.15) is 11.9 Å². The molecule has 8 heteroatoms. The number of benzene rings is 3. The van der Waals surface area contributed by atoms with Crippen molar-refractivity contribution in [2.24, 2.45) is 0 Å². The summed E-state index contributed by atoms with van der Waals surface area (Å²) in [6.45, 7) is 2.41. The van der Waals surface area contributed by atoms with E-state index in [4.69, 9.17) is 18.9 Å². The first-order chi connectivity index (χ1) is 17.5. The van der Waals surface area contributed by atoms with E-state index in [1.54, 1.807) is 31.1 Å². The van der Waals surface area contributed by atoms with E-state index in [-0.39, 0.29) is 30.6 Å². The zero-order chi connectivity index (χ0) is 25.2. The van der Waals surface area contributed by atoms with Crippen molar-refractivity contribution in [2.75, 3.05) is 13.7 Å². The van der Waals surface area contributed by atoms with Crippen LogP contribution in [0, 0.1) is 0 Å². The van der Waals surface area contributed by atoms with Gasteiger partial charge in [-0.3, -0.25) is 9.69 Å². The number of carbonyl (C=O) groups is 2. The Labute approximate surface area is 218 Å². The van der Waals surface area contributed by atoms with Crippen LogP contribution in [0.1, 0.15) is 35.2 Å². The fourth-order valence-corrected chi connectivity index (χ4v) is 5.26. The number of methoxy groups -OCH3 is 1. The first-order valence-corrected chi connectivity index (χ1v) is 12.6. The van der Waals surface area contributed by atoms with Gasteiger partial charge in [0.05, 0.1) is 32.7 Å². The first-order valence-electron chi connectivity index (χ1n) is 11.8. The summed E-state index contributed by atoms with van der Waals surface area (Å²) in [6.07, 6.45) is 0.323. The molecule has 0 saturated carbocycles. The second kappa shape index (κ2) is 10.2.